The molecule has 0 radical (unpaired) electrons. The number of nitrogens with one attached hydrogen (secondary N) is 1. The van der Waals surface area contributed by atoms with Gasteiger partial charge in [-0.15, -0.1) is 6.58 Å². The average molecular weight is 441 g/mol. The highest BCUT2D eigenvalue weighted by Gasteiger charge is 2.29. The van der Waals surface area contributed by atoms with Crippen molar-refractivity contribution in [1.82, 2.24) is 5.32 Å². The molecule has 2 aromatic carbocycles. The normalized spacial score (nSPS) is 11.8. The Kier molecular flexibility index (Phi) is 6.80. The van der Waals surface area contributed by atoms with Crippen molar-refractivity contribution in [3.05, 3.63) is 70.7 Å². The molecule has 5 nitrogen and oxygen atoms in total. The van der Waals surface area contributed by atoms with E-state index in [0.29, 0.717) is 5.69 Å². The Morgan fingerprint density at radius 2 is 1.79 bits per heavy atom. The van der Waals surface area contributed by atoms with Gasteiger partial charge in [-0.25, -0.2) is 8.42 Å². The molecule has 150 valence electrons. The van der Waals surface area contributed by atoms with Gasteiger partial charge >= 0.3 is 0 Å². The van der Waals surface area contributed by atoms with Crippen molar-refractivity contribution in [2.45, 2.75) is 31.2 Å². The topological polar surface area (TPSA) is 66.5 Å². The van der Waals surface area contributed by atoms with Crippen LogP contribution in [0, 0.1) is 0 Å². The minimum Gasteiger partial charge on any atom is -0.347 e. The molecule has 0 unspecified atom stereocenters. The zero-order chi connectivity index (χ0) is 21.1. The number of carbonyl (C=O) groups is 1. The van der Waals surface area contributed by atoms with Crippen LogP contribution in [-0.2, 0) is 10.0 Å². The van der Waals surface area contributed by atoms with Crippen LogP contribution in [0.2, 0.25) is 10.0 Å². The Morgan fingerprint density at radius 1 is 1.14 bits per heavy atom. The summed E-state index contributed by atoms with van der Waals surface area (Å²) < 4.78 is 27.8. The molecule has 0 aliphatic carbocycles. The minimum atomic E-state index is -4.10. The first-order valence-electron chi connectivity index (χ1n) is 8.47. The van der Waals surface area contributed by atoms with Gasteiger partial charge in [0.05, 0.1) is 22.3 Å². The first-order chi connectivity index (χ1) is 13.0. The van der Waals surface area contributed by atoms with Gasteiger partial charge < -0.3 is 5.32 Å². The molecule has 0 aromatic heterocycles. The van der Waals surface area contributed by atoms with Crippen molar-refractivity contribution in [2.75, 3.05) is 10.8 Å². The molecule has 8 heteroatoms. The lowest BCUT2D eigenvalue weighted by atomic mass is 10.1. The molecule has 2 rings (SSSR count). The predicted octanol–water partition coefficient (Wildman–Crippen LogP) is 4.90. The summed E-state index contributed by atoms with van der Waals surface area (Å²) in [7, 11) is -4.10. The lowest BCUT2D eigenvalue weighted by molar-refractivity contribution is 0.0919. The highest BCUT2D eigenvalue weighted by molar-refractivity contribution is 7.93. The van der Waals surface area contributed by atoms with E-state index in [0.717, 1.165) is 4.31 Å². The Bertz CT molecular complexity index is 999. The number of halogens is 2. The number of para-hydroxylation sites is 1. The van der Waals surface area contributed by atoms with Crippen LogP contribution in [0.5, 0.6) is 0 Å². The molecule has 0 atom stereocenters. The van der Waals surface area contributed by atoms with Gasteiger partial charge in [0.15, 0.2) is 0 Å². The number of benzene rings is 2. The van der Waals surface area contributed by atoms with Crippen LogP contribution in [0.15, 0.2) is 60.0 Å². The van der Waals surface area contributed by atoms with E-state index in [1.807, 2.05) is 20.8 Å². The molecule has 0 aliphatic rings. The van der Waals surface area contributed by atoms with Crippen LogP contribution in [0.25, 0.3) is 0 Å². The van der Waals surface area contributed by atoms with Crippen molar-refractivity contribution < 1.29 is 13.2 Å². The minimum absolute atomic E-state index is 0.00780. The van der Waals surface area contributed by atoms with Crippen LogP contribution in [0.1, 0.15) is 31.1 Å². The zero-order valence-electron chi connectivity index (χ0n) is 15.9. The number of sulfonamides is 1. The summed E-state index contributed by atoms with van der Waals surface area (Å²) in [4.78, 5) is 12.3. The van der Waals surface area contributed by atoms with E-state index in [9.17, 15) is 13.2 Å². The average Bonchev–Trinajstić information content (AvgIpc) is 2.59. The Labute approximate surface area is 176 Å². The van der Waals surface area contributed by atoms with Gasteiger partial charge in [0.1, 0.15) is 4.90 Å². The van der Waals surface area contributed by atoms with E-state index >= 15 is 0 Å². The summed E-state index contributed by atoms with van der Waals surface area (Å²) in [6.07, 6.45) is 1.45. The fraction of sp³-hybridized carbons (Fsp3) is 0.250. The smallest absolute Gasteiger partial charge is 0.266 e. The van der Waals surface area contributed by atoms with E-state index in [-0.39, 0.29) is 27.0 Å². The number of rotatable bonds is 6. The van der Waals surface area contributed by atoms with Gasteiger partial charge in [0.2, 0.25) is 0 Å². The third-order valence-corrected chi connectivity index (χ3v) is 6.25. The molecule has 1 N–H and O–H groups in total. The summed E-state index contributed by atoms with van der Waals surface area (Å²) in [6.45, 7) is 9.12. The largest absolute Gasteiger partial charge is 0.347 e. The quantitative estimate of drug-likeness (QED) is 0.649. The predicted molar refractivity (Wildman–Crippen MR) is 115 cm³/mol. The van der Waals surface area contributed by atoms with E-state index in [1.54, 1.807) is 24.3 Å². The number of anilines is 1. The van der Waals surface area contributed by atoms with E-state index in [4.69, 9.17) is 23.2 Å². The van der Waals surface area contributed by atoms with E-state index in [1.165, 1.54) is 24.3 Å². The molecule has 0 spiro atoms. The molecule has 0 saturated carbocycles. The number of hydrogen-bond donors (Lipinski definition) is 1. The SMILES string of the molecule is C=CCN(c1ccccc1Cl)S(=O)(=O)c1cc(C(=O)NC(C)(C)C)ccc1Cl. The van der Waals surface area contributed by atoms with Crippen molar-refractivity contribution in [3.63, 3.8) is 0 Å². The molecule has 0 saturated heterocycles. The lowest BCUT2D eigenvalue weighted by Gasteiger charge is -2.25. The molecule has 0 aliphatic heterocycles. The lowest BCUT2D eigenvalue weighted by Crippen LogP contribution is -2.40. The summed E-state index contributed by atoms with van der Waals surface area (Å²) >= 11 is 12.4. The number of nitrogens with zero attached hydrogens (tertiary/aromatic N) is 1. The van der Waals surface area contributed by atoms with Gasteiger partial charge in [-0.3, -0.25) is 9.10 Å². The second-order valence-electron chi connectivity index (χ2n) is 7.13. The maximum absolute atomic E-state index is 13.4. The van der Waals surface area contributed by atoms with Crippen LogP contribution in [0.4, 0.5) is 5.69 Å². The third-order valence-electron chi connectivity index (χ3n) is 3.67. The molecular weight excluding hydrogens is 419 g/mol. The van der Waals surface area contributed by atoms with Crippen molar-refractivity contribution in [1.29, 1.82) is 0 Å². The Balaban J connectivity index is 2.57. The van der Waals surface area contributed by atoms with Crippen LogP contribution < -0.4 is 9.62 Å². The number of carbonyl (C=O) groups excluding carboxylic acids is 1. The van der Waals surface area contributed by atoms with Crippen LogP contribution >= 0.6 is 23.2 Å². The van der Waals surface area contributed by atoms with Crippen molar-refractivity contribution in [2.24, 2.45) is 0 Å². The molecule has 1 amide bonds. The second-order valence-corrected chi connectivity index (χ2v) is 9.77. The van der Waals surface area contributed by atoms with Gasteiger partial charge in [0.25, 0.3) is 15.9 Å². The first kappa shape index (κ1) is 22.3. The van der Waals surface area contributed by atoms with Gasteiger partial charge in [-0.1, -0.05) is 41.4 Å². The summed E-state index contributed by atoms with van der Waals surface area (Å²) in [6, 6.07) is 10.7. The van der Waals surface area contributed by atoms with Crippen molar-refractivity contribution >= 4 is 44.8 Å². The van der Waals surface area contributed by atoms with Crippen LogP contribution in [-0.4, -0.2) is 26.4 Å². The number of amides is 1. The molecule has 28 heavy (non-hydrogen) atoms. The maximum atomic E-state index is 13.4. The molecular formula is C20H22Cl2N2O3S. The summed E-state index contributed by atoms with van der Waals surface area (Å²) in [5, 5.41) is 3.08. The fourth-order valence-electron chi connectivity index (χ4n) is 2.47. The monoisotopic (exact) mass is 440 g/mol. The molecule has 2 aromatic rings. The van der Waals surface area contributed by atoms with Gasteiger partial charge in [-0.05, 0) is 51.1 Å². The Morgan fingerprint density at radius 3 is 2.36 bits per heavy atom. The zero-order valence-corrected chi connectivity index (χ0v) is 18.2. The maximum Gasteiger partial charge on any atom is 0.266 e. The summed E-state index contributed by atoms with van der Waals surface area (Å²) in [5.41, 5.74) is 0.0163. The summed E-state index contributed by atoms with van der Waals surface area (Å²) in [5.74, 6) is -0.395. The van der Waals surface area contributed by atoms with E-state index in [2.05, 4.69) is 11.9 Å². The highest BCUT2D eigenvalue weighted by Crippen LogP contribution is 2.33. The molecule has 0 bridgehead atoms. The second kappa shape index (κ2) is 8.55. The third kappa shape index (κ3) is 5.07. The number of hydrogen-bond acceptors (Lipinski definition) is 3. The van der Waals surface area contributed by atoms with Gasteiger partial charge in [0, 0.05) is 11.1 Å². The first-order valence-corrected chi connectivity index (χ1v) is 10.7. The standard InChI is InChI=1S/C20H22Cl2N2O3S/c1-5-12-24(17-9-7-6-8-15(17)21)28(26,27)18-13-14(10-11-16(18)22)19(25)23-20(2,3)4/h5-11,13H,1,12H2,2-4H3,(H,23,25). The van der Waals surface area contributed by atoms with E-state index < -0.39 is 21.5 Å². The van der Waals surface area contributed by atoms with Gasteiger partial charge in [-0.2, -0.15) is 0 Å². The molecule has 0 heterocycles. The highest BCUT2D eigenvalue weighted by atomic mass is 35.5. The Hall–Kier alpha value is -2.02. The van der Waals surface area contributed by atoms with Crippen molar-refractivity contribution in [3.8, 4) is 0 Å². The van der Waals surface area contributed by atoms with Crippen LogP contribution in [0.3, 0.4) is 0 Å². The fourth-order valence-corrected chi connectivity index (χ4v) is 4.72. The molecule has 0 fully saturated rings.